The summed E-state index contributed by atoms with van der Waals surface area (Å²) in [7, 11) is 0. The number of hydroxylamine groups is 1. The summed E-state index contributed by atoms with van der Waals surface area (Å²) < 4.78 is 0. The van der Waals surface area contributed by atoms with Crippen molar-refractivity contribution >= 4 is 0 Å². The van der Waals surface area contributed by atoms with Gasteiger partial charge >= 0.3 is 0 Å². The molecule has 0 spiro atoms. The molecule has 1 fully saturated rings. The number of hydrogen-bond donors (Lipinski definition) is 2. The van der Waals surface area contributed by atoms with Crippen molar-refractivity contribution in [3.05, 3.63) is 35.4 Å². The molecule has 2 rings (SSSR count). The summed E-state index contributed by atoms with van der Waals surface area (Å²) >= 11 is 0. The van der Waals surface area contributed by atoms with Gasteiger partial charge in [0, 0.05) is 6.04 Å². The Morgan fingerprint density at radius 3 is 2.33 bits per heavy atom. The van der Waals surface area contributed by atoms with Gasteiger partial charge in [0.05, 0.1) is 0 Å². The Morgan fingerprint density at radius 1 is 1.11 bits per heavy atom. The Hall–Kier alpha value is -0.860. The van der Waals surface area contributed by atoms with Gasteiger partial charge in [0.25, 0.3) is 0 Å². The second kappa shape index (κ2) is 5.41. The highest BCUT2D eigenvalue weighted by atomic mass is 16.5. The van der Waals surface area contributed by atoms with Crippen molar-refractivity contribution in [1.29, 1.82) is 0 Å². The van der Waals surface area contributed by atoms with E-state index < -0.39 is 0 Å². The van der Waals surface area contributed by atoms with Crippen molar-refractivity contribution in [1.82, 2.24) is 5.48 Å². The van der Waals surface area contributed by atoms with E-state index in [-0.39, 0.29) is 5.41 Å². The van der Waals surface area contributed by atoms with E-state index in [9.17, 15) is 0 Å². The van der Waals surface area contributed by atoms with Crippen LogP contribution in [0.25, 0.3) is 0 Å². The predicted octanol–water partition coefficient (Wildman–Crippen LogP) is 3.99. The molecular weight excluding hydrogens is 222 g/mol. The molecule has 2 heteroatoms. The van der Waals surface area contributed by atoms with Crippen LogP contribution < -0.4 is 5.48 Å². The fourth-order valence-electron chi connectivity index (χ4n) is 2.81. The van der Waals surface area contributed by atoms with Crippen molar-refractivity contribution < 1.29 is 5.21 Å². The van der Waals surface area contributed by atoms with Gasteiger partial charge in [-0.1, -0.05) is 45.0 Å². The highest BCUT2D eigenvalue weighted by Gasteiger charge is 2.23. The summed E-state index contributed by atoms with van der Waals surface area (Å²) in [6.45, 7) is 6.79. The van der Waals surface area contributed by atoms with Crippen molar-refractivity contribution in [3.8, 4) is 0 Å². The van der Waals surface area contributed by atoms with Crippen LogP contribution >= 0.6 is 0 Å². The maximum atomic E-state index is 8.95. The van der Waals surface area contributed by atoms with Gasteiger partial charge in [-0.15, -0.1) is 0 Å². The molecule has 0 aliphatic heterocycles. The summed E-state index contributed by atoms with van der Waals surface area (Å²) in [5, 5.41) is 8.95. The molecule has 1 aromatic carbocycles. The van der Waals surface area contributed by atoms with Gasteiger partial charge in [0.2, 0.25) is 0 Å². The lowest BCUT2D eigenvalue weighted by Crippen LogP contribution is -2.30. The van der Waals surface area contributed by atoms with Crippen molar-refractivity contribution in [2.45, 2.75) is 63.8 Å². The highest BCUT2D eigenvalue weighted by molar-refractivity contribution is 5.31. The molecule has 2 nitrogen and oxygen atoms in total. The molecule has 1 saturated carbocycles. The van der Waals surface area contributed by atoms with Gasteiger partial charge in [0.15, 0.2) is 0 Å². The van der Waals surface area contributed by atoms with Crippen LogP contribution in [-0.2, 0) is 5.41 Å². The van der Waals surface area contributed by atoms with E-state index in [1.165, 1.54) is 24.0 Å². The summed E-state index contributed by atoms with van der Waals surface area (Å²) in [5.74, 6) is 0.664. The third-order valence-corrected chi connectivity index (χ3v) is 4.13. The maximum absolute atomic E-state index is 8.95. The first kappa shape index (κ1) is 13.6. The van der Waals surface area contributed by atoms with E-state index in [0.29, 0.717) is 12.0 Å². The van der Waals surface area contributed by atoms with Gasteiger partial charge in [-0.2, -0.15) is 0 Å². The van der Waals surface area contributed by atoms with Crippen LogP contribution in [0, 0.1) is 0 Å². The average Bonchev–Trinajstić information content (AvgIpc) is 2.38. The molecule has 100 valence electrons. The monoisotopic (exact) mass is 247 g/mol. The summed E-state index contributed by atoms with van der Waals surface area (Å²) in [6.07, 6.45) is 4.49. The minimum atomic E-state index is 0.222. The number of rotatable bonds is 2. The highest BCUT2D eigenvalue weighted by Crippen LogP contribution is 2.34. The lowest BCUT2D eigenvalue weighted by molar-refractivity contribution is 0.103. The predicted molar refractivity (Wildman–Crippen MR) is 75.1 cm³/mol. The van der Waals surface area contributed by atoms with Crippen LogP contribution in [0.15, 0.2) is 24.3 Å². The number of nitrogens with one attached hydrogen (secondary N) is 1. The van der Waals surface area contributed by atoms with Crippen molar-refractivity contribution in [3.63, 3.8) is 0 Å². The topological polar surface area (TPSA) is 32.3 Å². The molecular formula is C16H25NO. The molecule has 0 aromatic heterocycles. The Kier molecular flexibility index (Phi) is 4.08. The Morgan fingerprint density at radius 2 is 1.78 bits per heavy atom. The Bertz CT molecular complexity index is 386. The fourth-order valence-corrected chi connectivity index (χ4v) is 2.81. The lowest BCUT2D eigenvalue weighted by atomic mass is 9.79. The second-order valence-electron chi connectivity index (χ2n) is 6.55. The third-order valence-electron chi connectivity index (χ3n) is 4.13. The van der Waals surface area contributed by atoms with Gasteiger partial charge < -0.3 is 5.21 Å². The Labute approximate surface area is 110 Å². The van der Waals surface area contributed by atoms with E-state index in [1.807, 2.05) is 0 Å². The van der Waals surface area contributed by atoms with Crippen LogP contribution in [-0.4, -0.2) is 11.2 Å². The zero-order valence-electron chi connectivity index (χ0n) is 11.7. The second-order valence-corrected chi connectivity index (χ2v) is 6.55. The summed E-state index contributed by atoms with van der Waals surface area (Å²) in [5.41, 5.74) is 5.52. The number of benzene rings is 1. The van der Waals surface area contributed by atoms with E-state index in [2.05, 4.69) is 50.5 Å². The first-order valence-corrected chi connectivity index (χ1v) is 7.01. The molecule has 0 unspecified atom stereocenters. The van der Waals surface area contributed by atoms with Crippen LogP contribution in [0.3, 0.4) is 0 Å². The molecule has 1 aliphatic rings. The molecule has 0 atom stereocenters. The number of hydrogen-bond acceptors (Lipinski definition) is 2. The Balaban J connectivity index is 2.10. The van der Waals surface area contributed by atoms with Crippen LogP contribution in [0.1, 0.15) is 63.5 Å². The van der Waals surface area contributed by atoms with Gasteiger partial charge in [0.1, 0.15) is 0 Å². The molecule has 18 heavy (non-hydrogen) atoms. The third kappa shape index (κ3) is 3.12. The normalized spacial score (nSPS) is 25.1. The van der Waals surface area contributed by atoms with Gasteiger partial charge in [-0.3, -0.25) is 0 Å². The molecule has 0 amide bonds. The van der Waals surface area contributed by atoms with E-state index in [4.69, 9.17) is 5.21 Å². The molecule has 2 N–H and O–H groups in total. The van der Waals surface area contributed by atoms with Crippen molar-refractivity contribution in [2.24, 2.45) is 0 Å². The first-order valence-electron chi connectivity index (χ1n) is 7.01. The zero-order chi connectivity index (χ0) is 13.2. The molecule has 1 aliphatic carbocycles. The average molecular weight is 247 g/mol. The largest absolute Gasteiger partial charge is 0.317 e. The van der Waals surface area contributed by atoms with E-state index in [0.717, 1.165) is 12.8 Å². The minimum absolute atomic E-state index is 0.222. The fraction of sp³-hybridized carbons (Fsp3) is 0.625. The molecule has 0 heterocycles. The van der Waals surface area contributed by atoms with Crippen LogP contribution in [0.2, 0.25) is 0 Å². The van der Waals surface area contributed by atoms with Gasteiger partial charge in [-0.05, 0) is 48.1 Å². The first-order chi connectivity index (χ1) is 8.50. The smallest absolute Gasteiger partial charge is 0.0320 e. The molecule has 1 aromatic rings. The molecule has 0 radical (unpaired) electrons. The van der Waals surface area contributed by atoms with Crippen LogP contribution in [0.5, 0.6) is 0 Å². The SMILES string of the molecule is CC(C)(C)c1cccc(C2CCC(NO)CC2)c1. The summed E-state index contributed by atoms with van der Waals surface area (Å²) in [4.78, 5) is 0. The minimum Gasteiger partial charge on any atom is -0.317 e. The summed E-state index contributed by atoms with van der Waals surface area (Å²) in [6, 6.07) is 9.34. The zero-order valence-corrected chi connectivity index (χ0v) is 11.7. The van der Waals surface area contributed by atoms with Crippen molar-refractivity contribution in [2.75, 3.05) is 0 Å². The van der Waals surface area contributed by atoms with E-state index in [1.54, 1.807) is 0 Å². The maximum Gasteiger partial charge on any atom is 0.0320 e. The molecule has 0 saturated heterocycles. The van der Waals surface area contributed by atoms with Crippen LogP contribution in [0.4, 0.5) is 0 Å². The van der Waals surface area contributed by atoms with Gasteiger partial charge in [-0.25, -0.2) is 5.48 Å². The quantitative estimate of drug-likeness (QED) is 0.774. The lowest BCUT2D eigenvalue weighted by Gasteiger charge is -2.29. The molecule has 0 bridgehead atoms. The van der Waals surface area contributed by atoms with E-state index >= 15 is 0 Å². The standard InChI is InChI=1S/C16H25NO/c1-16(2,3)14-6-4-5-13(11-14)12-7-9-15(17-18)10-8-12/h4-6,11-12,15,17-18H,7-10H2,1-3H3.